The second-order valence-corrected chi connectivity index (χ2v) is 6.52. The number of ether oxygens (including phenoxy) is 2. The Kier molecular flexibility index (Phi) is 5.38. The molecule has 0 fully saturated rings. The first-order valence-electron chi connectivity index (χ1n) is 8.05. The molecule has 3 rings (SSSR count). The molecule has 0 bridgehead atoms. The molecule has 1 aliphatic carbocycles. The van der Waals surface area contributed by atoms with Crippen LogP contribution in [0.25, 0.3) is 0 Å². The molecule has 0 saturated heterocycles. The van der Waals surface area contributed by atoms with E-state index in [0.717, 1.165) is 18.6 Å². The molecule has 0 heterocycles. The van der Waals surface area contributed by atoms with Crippen LogP contribution in [0.1, 0.15) is 28.4 Å². The highest BCUT2D eigenvalue weighted by molar-refractivity contribution is 9.10. The first-order valence-corrected chi connectivity index (χ1v) is 8.84. The molecule has 0 aliphatic heterocycles. The second kappa shape index (κ2) is 7.70. The molecule has 1 aliphatic rings. The summed E-state index contributed by atoms with van der Waals surface area (Å²) in [6, 6.07) is 11.6. The molecule has 0 saturated carbocycles. The van der Waals surface area contributed by atoms with E-state index in [-0.39, 0.29) is 5.91 Å². The van der Waals surface area contributed by atoms with Gasteiger partial charge in [0.15, 0.2) is 11.5 Å². The van der Waals surface area contributed by atoms with E-state index in [2.05, 4.69) is 38.6 Å². The molecule has 5 nitrogen and oxygen atoms in total. The predicted octanol–water partition coefficient (Wildman–Crippen LogP) is 3.74. The monoisotopic (exact) mass is 402 g/mol. The number of hydrogen-bond acceptors (Lipinski definition) is 4. The number of nitrogens with zero attached hydrogens (tertiary/aromatic N) is 1. The van der Waals surface area contributed by atoms with Gasteiger partial charge in [-0.3, -0.25) is 4.79 Å². The molecule has 25 heavy (non-hydrogen) atoms. The molecule has 0 unspecified atom stereocenters. The average Bonchev–Trinajstić information content (AvgIpc) is 3.04. The standard InChI is InChI=1S/C19H19BrN2O3/c1-3-25-18-16(20)10-14(11-17(18)24-2)19(23)22-21-15-8-12-6-4-5-7-13(12)9-15/h4-7,10-11H,3,8-9H2,1-2H3,(H,22,23). The number of hydrazone groups is 1. The molecule has 1 N–H and O–H groups in total. The average molecular weight is 403 g/mol. The molecule has 1 amide bonds. The Hall–Kier alpha value is -2.34. The number of rotatable bonds is 5. The van der Waals surface area contributed by atoms with Crippen molar-refractivity contribution in [2.24, 2.45) is 5.10 Å². The lowest BCUT2D eigenvalue weighted by Gasteiger charge is -2.12. The fraction of sp³-hybridized carbons (Fsp3) is 0.263. The Labute approximate surface area is 155 Å². The van der Waals surface area contributed by atoms with E-state index >= 15 is 0 Å². The van der Waals surface area contributed by atoms with Crippen LogP contribution in [0.5, 0.6) is 11.5 Å². The number of methoxy groups -OCH3 is 1. The Morgan fingerprint density at radius 3 is 2.52 bits per heavy atom. The highest BCUT2D eigenvalue weighted by Gasteiger charge is 2.18. The Morgan fingerprint density at radius 1 is 1.24 bits per heavy atom. The minimum absolute atomic E-state index is 0.287. The summed E-state index contributed by atoms with van der Waals surface area (Å²) in [5, 5.41) is 4.29. The zero-order chi connectivity index (χ0) is 17.8. The second-order valence-electron chi connectivity index (χ2n) is 5.66. The molecule has 2 aromatic rings. The normalized spacial score (nSPS) is 12.5. The molecule has 0 aromatic heterocycles. The third-order valence-electron chi connectivity index (χ3n) is 4.00. The van der Waals surface area contributed by atoms with Crippen LogP contribution >= 0.6 is 15.9 Å². The largest absolute Gasteiger partial charge is 0.493 e. The lowest BCUT2D eigenvalue weighted by atomic mass is 10.1. The van der Waals surface area contributed by atoms with Gasteiger partial charge in [-0.25, -0.2) is 5.43 Å². The van der Waals surface area contributed by atoms with Crippen LogP contribution in [-0.4, -0.2) is 25.3 Å². The maximum absolute atomic E-state index is 12.4. The van der Waals surface area contributed by atoms with E-state index in [4.69, 9.17) is 9.47 Å². The topological polar surface area (TPSA) is 59.9 Å². The Balaban J connectivity index is 1.74. The summed E-state index contributed by atoms with van der Waals surface area (Å²) in [5.41, 5.74) is 6.57. The third kappa shape index (κ3) is 3.85. The first-order chi connectivity index (χ1) is 12.1. The predicted molar refractivity (Wildman–Crippen MR) is 101 cm³/mol. The fourth-order valence-electron chi connectivity index (χ4n) is 2.81. The van der Waals surface area contributed by atoms with Gasteiger partial charge in [0.25, 0.3) is 5.91 Å². The fourth-order valence-corrected chi connectivity index (χ4v) is 3.37. The highest BCUT2D eigenvalue weighted by Crippen LogP contribution is 2.36. The number of halogens is 1. The van der Waals surface area contributed by atoms with Gasteiger partial charge >= 0.3 is 0 Å². The van der Waals surface area contributed by atoms with Crippen LogP contribution in [-0.2, 0) is 12.8 Å². The van der Waals surface area contributed by atoms with Gasteiger partial charge in [-0.1, -0.05) is 24.3 Å². The van der Waals surface area contributed by atoms with Gasteiger partial charge in [0, 0.05) is 24.1 Å². The van der Waals surface area contributed by atoms with Crippen molar-refractivity contribution in [1.29, 1.82) is 0 Å². The van der Waals surface area contributed by atoms with Gasteiger partial charge in [-0.2, -0.15) is 5.10 Å². The van der Waals surface area contributed by atoms with E-state index < -0.39 is 0 Å². The summed E-state index contributed by atoms with van der Waals surface area (Å²) in [6.07, 6.45) is 1.54. The van der Waals surface area contributed by atoms with Crippen LogP contribution in [0.4, 0.5) is 0 Å². The molecule has 6 heteroatoms. The van der Waals surface area contributed by atoms with Gasteiger partial charge in [0.1, 0.15) is 0 Å². The van der Waals surface area contributed by atoms with Gasteiger partial charge in [-0.05, 0) is 46.1 Å². The van der Waals surface area contributed by atoms with Gasteiger partial charge in [0.05, 0.1) is 18.2 Å². The summed E-state index contributed by atoms with van der Waals surface area (Å²) in [6.45, 7) is 2.40. The van der Waals surface area contributed by atoms with Crippen molar-refractivity contribution in [2.45, 2.75) is 19.8 Å². The lowest BCUT2D eigenvalue weighted by molar-refractivity contribution is 0.0954. The van der Waals surface area contributed by atoms with Crippen molar-refractivity contribution >= 4 is 27.5 Å². The van der Waals surface area contributed by atoms with Crippen LogP contribution in [0, 0.1) is 0 Å². The van der Waals surface area contributed by atoms with E-state index in [1.54, 1.807) is 19.2 Å². The van der Waals surface area contributed by atoms with Gasteiger partial charge in [0.2, 0.25) is 0 Å². The van der Waals surface area contributed by atoms with Crippen molar-refractivity contribution in [3.05, 3.63) is 57.6 Å². The summed E-state index contributed by atoms with van der Waals surface area (Å²) in [7, 11) is 1.54. The number of carbonyl (C=O) groups excluding carboxylic acids is 1. The first kappa shape index (κ1) is 17.5. The molecule has 130 valence electrons. The quantitative estimate of drug-likeness (QED) is 0.774. The van der Waals surface area contributed by atoms with Crippen LogP contribution in [0.3, 0.4) is 0 Å². The van der Waals surface area contributed by atoms with E-state index in [1.807, 2.05) is 19.1 Å². The molecular formula is C19H19BrN2O3. The lowest BCUT2D eigenvalue weighted by Crippen LogP contribution is -2.20. The van der Waals surface area contributed by atoms with Crippen LogP contribution in [0.15, 0.2) is 46.0 Å². The smallest absolute Gasteiger partial charge is 0.271 e. The summed E-state index contributed by atoms with van der Waals surface area (Å²) in [4.78, 5) is 12.4. The van der Waals surface area contributed by atoms with Crippen molar-refractivity contribution < 1.29 is 14.3 Å². The van der Waals surface area contributed by atoms with Crippen molar-refractivity contribution in [2.75, 3.05) is 13.7 Å². The molecule has 0 radical (unpaired) electrons. The SMILES string of the molecule is CCOc1c(Br)cc(C(=O)NN=C2Cc3ccccc3C2)cc1OC. The minimum atomic E-state index is -0.287. The number of carbonyl (C=O) groups is 1. The van der Waals surface area contributed by atoms with Crippen molar-refractivity contribution in [1.82, 2.24) is 5.43 Å². The number of nitrogens with one attached hydrogen (secondary N) is 1. The molecule has 0 atom stereocenters. The van der Waals surface area contributed by atoms with E-state index in [9.17, 15) is 4.79 Å². The van der Waals surface area contributed by atoms with Gasteiger partial charge < -0.3 is 9.47 Å². The summed E-state index contributed by atoms with van der Waals surface area (Å²) >= 11 is 3.42. The van der Waals surface area contributed by atoms with Crippen molar-refractivity contribution in [3.63, 3.8) is 0 Å². The van der Waals surface area contributed by atoms with Crippen LogP contribution in [0.2, 0.25) is 0 Å². The number of amides is 1. The number of fused-ring (bicyclic) bond motifs is 1. The van der Waals surface area contributed by atoms with E-state index in [0.29, 0.717) is 28.1 Å². The number of benzene rings is 2. The zero-order valence-corrected chi connectivity index (χ0v) is 15.7. The molecular weight excluding hydrogens is 384 g/mol. The molecule has 2 aromatic carbocycles. The zero-order valence-electron chi connectivity index (χ0n) is 14.1. The Bertz CT molecular complexity index is 806. The third-order valence-corrected chi connectivity index (χ3v) is 4.59. The van der Waals surface area contributed by atoms with Gasteiger partial charge in [-0.15, -0.1) is 0 Å². The maximum atomic E-state index is 12.4. The number of hydrogen-bond donors (Lipinski definition) is 1. The highest BCUT2D eigenvalue weighted by atomic mass is 79.9. The minimum Gasteiger partial charge on any atom is -0.493 e. The molecule has 0 spiro atoms. The van der Waals surface area contributed by atoms with E-state index in [1.165, 1.54) is 11.1 Å². The Morgan fingerprint density at radius 2 is 1.92 bits per heavy atom. The summed E-state index contributed by atoms with van der Waals surface area (Å²) < 4.78 is 11.5. The maximum Gasteiger partial charge on any atom is 0.271 e. The van der Waals surface area contributed by atoms with Crippen LogP contribution < -0.4 is 14.9 Å². The summed E-state index contributed by atoms with van der Waals surface area (Å²) in [5.74, 6) is 0.798. The van der Waals surface area contributed by atoms with Crippen molar-refractivity contribution in [3.8, 4) is 11.5 Å².